The molecule has 0 unspecified atom stereocenters. The molecule has 0 aliphatic heterocycles. The predicted octanol–water partition coefficient (Wildman–Crippen LogP) is 2.91. The van der Waals surface area contributed by atoms with E-state index in [9.17, 15) is 0 Å². The summed E-state index contributed by atoms with van der Waals surface area (Å²) in [5.74, 6) is 0. The Bertz CT molecular complexity index is 454. The molecule has 84 valence electrons. The maximum absolute atomic E-state index is 5.73. The molecule has 3 N–H and O–H groups in total. The lowest BCUT2D eigenvalue weighted by Gasteiger charge is -2.06. The number of benzene rings is 1. The number of nitrogen functional groups attached to an aromatic ring is 1. The summed E-state index contributed by atoms with van der Waals surface area (Å²) in [5.41, 5.74) is 8.81. The van der Waals surface area contributed by atoms with E-state index >= 15 is 0 Å². The van der Waals surface area contributed by atoms with Gasteiger partial charge in [0.2, 0.25) is 0 Å². The van der Waals surface area contributed by atoms with Crippen LogP contribution in [0.4, 0.5) is 5.69 Å². The van der Waals surface area contributed by atoms with Gasteiger partial charge in [0, 0.05) is 28.8 Å². The minimum atomic E-state index is 0.775. The first-order chi connectivity index (χ1) is 7.75. The van der Waals surface area contributed by atoms with Crippen molar-refractivity contribution in [2.45, 2.75) is 13.1 Å². The minimum absolute atomic E-state index is 0.775. The van der Waals surface area contributed by atoms with Crippen molar-refractivity contribution in [3.05, 3.63) is 52.4 Å². The molecular weight excluding hydrogens is 268 g/mol. The molecule has 0 bridgehead atoms. The van der Waals surface area contributed by atoms with Crippen LogP contribution in [0.25, 0.3) is 0 Å². The summed E-state index contributed by atoms with van der Waals surface area (Å²) in [6, 6.07) is 7.75. The molecule has 1 heterocycles. The fraction of sp³-hybridized carbons (Fsp3) is 0.167. The Morgan fingerprint density at radius 3 is 2.88 bits per heavy atom. The Kier molecular flexibility index (Phi) is 3.64. The van der Waals surface area contributed by atoms with Crippen molar-refractivity contribution >= 4 is 21.6 Å². The molecule has 2 rings (SSSR count). The molecule has 0 saturated heterocycles. The zero-order chi connectivity index (χ0) is 11.4. The average molecular weight is 281 g/mol. The van der Waals surface area contributed by atoms with E-state index in [0.717, 1.165) is 34.4 Å². The first kappa shape index (κ1) is 11.2. The van der Waals surface area contributed by atoms with Crippen molar-refractivity contribution in [2.24, 2.45) is 0 Å². The van der Waals surface area contributed by atoms with Crippen LogP contribution in [0.3, 0.4) is 0 Å². The Balaban J connectivity index is 1.92. The maximum Gasteiger partial charge on any atom is 0.0947 e. The third-order valence-electron chi connectivity index (χ3n) is 2.29. The zero-order valence-electron chi connectivity index (χ0n) is 8.74. The van der Waals surface area contributed by atoms with Gasteiger partial charge in [-0.3, -0.25) is 0 Å². The SMILES string of the molecule is Nc1ccc(Br)c(CNCc2ccoc2)c1. The highest BCUT2D eigenvalue weighted by atomic mass is 79.9. The molecule has 0 radical (unpaired) electrons. The normalized spacial score (nSPS) is 10.6. The van der Waals surface area contributed by atoms with E-state index in [-0.39, 0.29) is 0 Å². The summed E-state index contributed by atoms with van der Waals surface area (Å²) in [4.78, 5) is 0. The van der Waals surface area contributed by atoms with Gasteiger partial charge < -0.3 is 15.5 Å². The summed E-state index contributed by atoms with van der Waals surface area (Å²) in [5, 5.41) is 3.33. The molecule has 1 aromatic heterocycles. The second-order valence-corrected chi connectivity index (χ2v) is 4.44. The van der Waals surface area contributed by atoms with Gasteiger partial charge in [-0.25, -0.2) is 0 Å². The molecule has 2 aromatic rings. The van der Waals surface area contributed by atoms with Gasteiger partial charge in [0.25, 0.3) is 0 Å². The first-order valence-corrected chi connectivity index (χ1v) is 5.80. The summed E-state index contributed by atoms with van der Waals surface area (Å²) in [6.45, 7) is 1.56. The summed E-state index contributed by atoms with van der Waals surface area (Å²) < 4.78 is 6.06. The molecule has 0 atom stereocenters. The molecule has 0 aliphatic rings. The largest absolute Gasteiger partial charge is 0.472 e. The Labute approximate surface area is 103 Å². The van der Waals surface area contributed by atoms with Gasteiger partial charge >= 0.3 is 0 Å². The molecule has 16 heavy (non-hydrogen) atoms. The van der Waals surface area contributed by atoms with Gasteiger partial charge in [0.15, 0.2) is 0 Å². The molecule has 0 fully saturated rings. The lowest BCUT2D eigenvalue weighted by molar-refractivity contribution is 0.560. The van der Waals surface area contributed by atoms with Crippen LogP contribution in [-0.2, 0) is 13.1 Å². The number of rotatable bonds is 4. The van der Waals surface area contributed by atoms with Gasteiger partial charge in [-0.15, -0.1) is 0 Å². The third kappa shape index (κ3) is 2.87. The van der Waals surface area contributed by atoms with Crippen LogP contribution in [0.5, 0.6) is 0 Å². The topological polar surface area (TPSA) is 51.2 Å². The number of hydrogen-bond acceptors (Lipinski definition) is 3. The highest BCUT2D eigenvalue weighted by Gasteiger charge is 2.00. The van der Waals surface area contributed by atoms with Gasteiger partial charge in [0.1, 0.15) is 0 Å². The fourth-order valence-electron chi connectivity index (χ4n) is 1.46. The molecule has 1 aromatic carbocycles. The van der Waals surface area contributed by atoms with Crippen LogP contribution in [0.15, 0.2) is 45.7 Å². The molecule has 0 aliphatic carbocycles. The molecule has 0 saturated carbocycles. The predicted molar refractivity (Wildman–Crippen MR) is 67.8 cm³/mol. The van der Waals surface area contributed by atoms with E-state index in [2.05, 4.69) is 21.2 Å². The lowest BCUT2D eigenvalue weighted by atomic mass is 10.2. The standard InChI is InChI=1S/C12H13BrN2O/c13-12-2-1-11(14)5-10(12)7-15-6-9-3-4-16-8-9/h1-5,8,15H,6-7,14H2. The van der Waals surface area contributed by atoms with E-state index < -0.39 is 0 Å². The summed E-state index contributed by atoms with van der Waals surface area (Å²) in [7, 11) is 0. The number of nitrogens with one attached hydrogen (secondary N) is 1. The number of halogens is 1. The molecule has 3 nitrogen and oxygen atoms in total. The van der Waals surface area contributed by atoms with Gasteiger partial charge in [-0.1, -0.05) is 15.9 Å². The zero-order valence-corrected chi connectivity index (χ0v) is 10.3. The molecule has 0 spiro atoms. The van der Waals surface area contributed by atoms with Gasteiger partial charge in [-0.05, 0) is 29.8 Å². The van der Waals surface area contributed by atoms with E-state index in [4.69, 9.17) is 10.2 Å². The second kappa shape index (κ2) is 5.18. The van der Waals surface area contributed by atoms with Crippen LogP contribution in [-0.4, -0.2) is 0 Å². The van der Waals surface area contributed by atoms with Crippen molar-refractivity contribution < 1.29 is 4.42 Å². The third-order valence-corrected chi connectivity index (χ3v) is 3.07. The van der Waals surface area contributed by atoms with E-state index in [1.54, 1.807) is 12.5 Å². The Morgan fingerprint density at radius 2 is 2.12 bits per heavy atom. The lowest BCUT2D eigenvalue weighted by Crippen LogP contribution is -2.12. The summed E-state index contributed by atoms with van der Waals surface area (Å²) >= 11 is 3.50. The van der Waals surface area contributed by atoms with Crippen LogP contribution in [0.1, 0.15) is 11.1 Å². The van der Waals surface area contributed by atoms with Gasteiger partial charge in [0.05, 0.1) is 12.5 Å². The average Bonchev–Trinajstić information content (AvgIpc) is 2.76. The van der Waals surface area contributed by atoms with Crippen LogP contribution >= 0.6 is 15.9 Å². The fourth-order valence-corrected chi connectivity index (χ4v) is 1.85. The van der Waals surface area contributed by atoms with Crippen LogP contribution < -0.4 is 11.1 Å². The molecular formula is C12H13BrN2O. The van der Waals surface area contributed by atoms with Crippen molar-refractivity contribution in [2.75, 3.05) is 5.73 Å². The minimum Gasteiger partial charge on any atom is -0.472 e. The maximum atomic E-state index is 5.73. The van der Waals surface area contributed by atoms with Crippen molar-refractivity contribution in [3.8, 4) is 0 Å². The molecule has 0 amide bonds. The van der Waals surface area contributed by atoms with E-state index in [1.165, 1.54) is 0 Å². The van der Waals surface area contributed by atoms with Crippen molar-refractivity contribution in [1.29, 1.82) is 0 Å². The smallest absolute Gasteiger partial charge is 0.0947 e. The molecule has 4 heteroatoms. The number of furan rings is 1. The Hall–Kier alpha value is -1.26. The highest BCUT2D eigenvalue weighted by Crippen LogP contribution is 2.19. The highest BCUT2D eigenvalue weighted by molar-refractivity contribution is 9.10. The van der Waals surface area contributed by atoms with E-state index in [0.29, 0.717) is 0 Å². The first-order valence-electron chi connectivity index (χ1n) is 5.01. The van der Waals surface area contributed by atoms with E-state index in [1.807, 2.05) is 24.3 Å². The van der Waals surface area contributed by atoms with Crippen molar-refractivity contribution in [1.82, 2.24) is 5.32 Å². The number of anilines is 1. The monoisotopic (exact) mass is 280 g/mol. The quantitative estimate of drug-likeness (QED) is 0.847. The van der Waals surface area contributed by atoms with Crippen LogP contribution in [0, 0.1) is 0 Å². The number of hydrogen-bond donors (Lipinski definition) is 2. The second-order valence-electron chi connectivity index (χ2n) is 3.59. The summed E-state index contributed by atoms with van der Waals surface area (Å²) in [6.07, 6.45) is 3.41. The van der Waals surface area contributed by atoms with Crippen molar-refractivity contribution in [3.63, 3.8) is 0 Å². The van der Waals surface area contributed by atoms with Gasteiger partial charge in [-0.2, -0.15) is 0 Å². The Morgan fingerprint density at radius 1 is 1.25 bits per heavy atom. The van der Waals surface area contributed by atoms with Crippen LogP contribution in [0.2, 0.25) is 0 Å². The number of nitrogens with two attached hydrogens (primary N) is 1.